The average molecular weight is 608 g/mol. The van der Waals surface area contributed by atoms with Gasteiger partial charge in [0.05, 0.1) is 17.5 Å². The number of nitrogens with one attached hydrogen (secondary N) is 3. The predicted octanol–water partition coefficient (Wildman–Crippen LogP) is 3.75. The average Bonchev–Trinajstić information content (AvgIpc) is 3.89. The molecule has 0 spiro atoms. The minimum atomic E-state index is -0.184. The summed E-state index contributed by atoms with van der Waals surface area (Å²) in [6.45, 7) is 1.46. The molecule has 14 nitrogen and oxygen atoms in total. The van der Waals surface area contributed by atoms with E-state index in [2.05, 4.69) is 51.9 Å². The number of fused-ring (bicyclic) bond motifs is 6. The molecule has 2 aliphatic carbocycles. The first-order valence-electron chi connectivity index (χ1n) is 15.8. The first-order valence-corrected chi connectivity index (χ1v) is 15.8. The number of nitrogens with two attached hydrogens (primary N) is 1. The lowest BCUT2D eigenvalue weighted by molar-refractivity contribution is -0.120. The lowest BCUT2D eigenvalue weighted by Gasteiger charge is -2.27. The topological polar surface area (TPSA) is 197 Å². The van der Waals surface area contributed by atoms with Gasteiger partial charge in [-0.25, -0.2) is 19.0 Å². The van der Waals surface area contributed by atoms with E-state index in [1.165, 1.54) is 12.8 Å². The Balaban J connectivity index is 0.000000148. The van der Waals surface area contributed by atoms with Crippen molar-refractivity contribution in [2.45, 2.75) is 69.6 Å². The molecule has 0 radical (unpaired) electrons. The van der Waals surface area contributed by atoms with Crippen LogP contribution in [0.2, 0.25) is 0 Å². The Hall–Kier alpha value is -4.90. The van der Waals surface area contributed by atoms with Crippen LogP contribution in [0.1, 0.15) is 81.0 Å². The molecule has 0 aromatic carbocycles. The van der Waals surface area contributed by atoms with Gasteiger partial charge in [-0.1, -0.05) is 10.4 Å². The third kappa shape index (κ3) is 5.71. The molecular formula is C31H37N13O. The van der Waals surface area contributed by atoms with Gasteiger partial charge in [-0.2, -0.15) is 5.26 Å². The van der Waals surface area contributed by atoms with Crippen LogP contribution >= 0.6 is 0 Å². The van der Waals surface area contributed by atoms with Gasteiger partial charge in [-0.05, 0) is 81.9 Å². The van der Waals surface area contributed by atoms with Gasteiger partial charge in [0.2, 0.25) is 5.91 Å². The number of carbonyl (C=O) groups excluding carboxylic acids is 1. The Morgan fingerprint density at radius 2 is 1.36 bits per heavy atom. The van der Waals surface area contributed by atoms with E-state index in [0.717, 1.165) is 89.6 Å². The Labute approximate surface area is 258 Å². The second-order valence-corrected chi connectivity index (χ2v) is 12.3. The van der Waals surface area contributed by atoms with Gasteiger partial charge < -0.3 is 21.0 Å². The summed E-state index contributed by atoms with van der Waals surface area (Å²) in [5.74, 6) is 1.84. The summed E-state index contributed by atoms with van der Waals surface area (Å²) in [5.41, 5.74) is 11.8. The largest absolute Gasteiger partial charge is 0.355 e. The van der Waals surface area contributed by atoms with Crippen LogP contribution < -0.4 is 11.1 Å². The zero-order chi connectivity index (χ0) is 30.8. The number of nitriles is 1. The van der Waals surface area contributed by atoms with Crippen molar-refractivity contribution in [3.63, 3.8) is 0 Å². The zero-order valence-electron chi connectivity index (χ0n) is 25.1. The number of H-pyrrole nitrogens is 2. The molecule has 0 bridgehead atoms. The highest BCUT2D eigenvalue weighted by Gasteiger charge is 2.28. The molecule has 0 atom stereocenters. The van der Waals surface area contributed by atoms with Crippen molar-refractivity contribution in [2.75, 3.05) is 13.1 Å². The highest BCUT2D eigenvalue weighted by molar-refractivity contribution is 5.93. The third-order valence-electron chi connectivity index (χ3n) is 9.62. The molecular weight excluding hydrogens is 570 g/mol. The SMILES string of the molecule is N#CCC(=O)NC[C@H]1CC[C@H](c2nnn3cnc4[nH]ccc4c23)CC1.NC[C@H]1CC[C@H](c2nnn3cnc4[nH]ccc4c23)CC1. The van der Waals surface area contributed by atoms with Crippen LogP contribution in [-0.2, 0) is 4.79 Å². The molecule has 2 fully saturated rings. The number of carbonyl (C=O) groups is 1. The van der Waals surface area contributed by atoms with Gasteiger partial charge in [0, 0.05) is 41.5 Å². The highest BCUT2D eigenvalue weighted by Crippen LogP contribution is 2.38. The zero-order valence-corrected chi connectivity index (χ0v) is 25.1. The number of rotatable bonds is 6. The normalized spacial score (nSPS) is 22.0. The van der Waals surface area contributed by atoms with Crippen LogP contribution in [0.4, 0.5) is 0 Å². The summed E-state index contributed by atoms with van der Waals surface area (Å²) in [7, 11) is 0. The van der Waals surface area contributed by atoms with E-state index < -0.39 is 0 Å². The Bertz CT molecular complexity index is 1960. The minimum Gasteiger partial charge on any atom is -0.355 e. The molecule has 0 unspecified atom stereocenters. The summed E-state index contributed by atoms with van der Waals surface area (Å²) >= 11 is 0. The third-order valence-corrected chi connectivity index (χ3v) is 9.62. The molecule has 2 saturated carbocycles. The molecule has 6 heterocycles. The maximum absolute atomic E-state index is 11.4. The molecule has 14 heteroatoms. The summed E-state index contributed by atoms with van der Waals surface area (Å²) < 4.78 is 3.54. The van der Waals surface area contributed by atoms with E-state index in [0.29, 0.717) is 30.2 Å². The van der Waals surface area contributed by atoms with Gasteiger partial charge in [-0.15, -0.1) is 10.2 Å². The fourth-order valence-electron chi connectivity index (χ4n) is 7.09. The quantitative estimate of drug-likeness (QED) is 0.218. The Morgan fingerprint density at radius 3 is 1.84 bits per heavy atom. The molecule has 6 aromatic rings. The maximum Gasteiger partial charge on any atom is 0.234 e. The number of hydrogen-bond acceptors (Lipinski definition) is 9. The fraction of sp³-hybridized carbons (Fsp3) is 0.484. The van der Waals surface area contributed by atoms with Crippen molar-refractivity contribution in [1.82, 2.24) is 54.9 Å². The first kappa shape index (κ1) is 28.8. The van der Waals surface area contributed by atoms with Crippen molar-refractivity contribution >= 4 is 39.0 Å². The fourth-order valence-corrected chi connectivity index (χ4v) is 7.09. The van der Waals surface area contributed by atoms with E-state index in [9.17, 15) is 4.79 Å². The van der Waals surface area contributed by atoms with Crippen LogP contribution in [0.5, 0.6) is 0 Å². The second-order valence-electron chi connectivity index (χ2n) is 12.3. The van der Waals surface area contributed by atoms with Crippen molar-refractivity contribution in [2.24, 2.45) is 17.6 Å². The lowest BCUT2D eigenvalue weighted by atomic mass is 9.80. The van der Waals surface area contributed by atoms with Crippen LogP contribution in [0.3, 0.4) is 0 Å². The first-order chi connectivity index (χ1) is 22.1. The molecule has 232 valence electrons. The molecule has 1 amide bonds. The van der Waals surface area contributed by atoms with E-state index in [4.69, 9.17) is 11.0 Å². The van der Waals surface area contributed by atoms with E-state index >= 15 is 0 Å². The number of aromatic nitrogens is 10. The van der Waals surface area contributed by atoms with Gasteiger partial charge >= 0.3 is 0 Å². The summed E-state index contributed by atoms with van der Waals surface area (Å²) in [4.78, 5) is 26.4. The van der Waals surface area contributed by atoms with Crippen LogP contribution in [0, 0.1) is 23.2 Å². The van der Waals surface area contributed by atoms with Crippen LogP contribution in [-0.4, -0.2) is 68.6 Å². The van der Waals surface area contributed by atoms with Gasteiger partial charge in [-0.3, -0.25) is 4.79 Å². The molecule has 6 aromatic heterocycles. The van der Waals surface area contributed by atoms with Gasteiger partial charge in [0.25, 0.3) is 0 Å². The van der Waals surface area contributed by atoms with E-state index in [1.54, 1.807) is 21.7 Å². The van der Waals surface area contributed by atoms with Crippen molar-refractivity contribution in [3.8, 4) is 6.07 Å². The predicted molar refractivity (Wildman–Crippen MR) is 167 cm³/mol. The Kier molecular flexibility index (Phi) is 8.08. The molecule has 8 rings (SSSR count). The lowest BCUT2D eigenvalue weighted by Crippen LogP contribution is -2.30. The summed E-state index contributed by atoms with van der Waals surface area (Å²) in [6.07, 6.45) is 16.0. The van der Waals surface area contributed by atoms with Gasteiger partial charge in [0.1, 0.15) is 41.4 Å². The monoisotopic (exact) mass is 607 g/mol. The summed E-state index contributed by atoms with van der Waals surface area (Å²) in [6, 6.07) is 5.94. The Morgan fingerprint density at radius 1 is 0.844 bits per heavy atom. The molecule has 0 saturated heterocycles. The second kappa shape index (κ2) is 12.6. The van der Waals surface area contributed by atoms with Crippen LogP contribution in [0.25, 0.3) is 33.1 Å². The number of aromatic amines is 2. The van der Waals surface area contributed by atoms with Crippen molar-refractivity contribution < 1.29 is 4.79 Å². The molecule has 2 aliphatic rings. The molecule has 45 heavy (non-hydrogen) atoms. The summed E-state index contributed by atoms with van der Waals surface area (Å²) in [5, 5.41) is 30.8. The van der Waals surface area contributed by atoms with Crippen LogP contribution in [0.15, 0.2) is 37.2 Å². The van der Waals surface area contributed by atoms with E-state index in [-0.39, 0.29) is 12.3 Å². The smallest absolute Gasteiger partial charge is 0.234 e. The standard InChI is InChI=1S/C17H19N7O.C14H18N6/c18-7-5-14(25)20-9-11-1-3-12(4-2-11)15-16-13-6-8-19-17(13)21-10-24(16)23-22-15;15-7-9-1-3-10(4-2-9)12-13-11-5-6-16-14(11)17-8-20(13)19-18-12/h6,8,10-12,19H,1-5,9H2,(H,20,25);5-6,8-10,16H,1-4,7,15H2/t11-,12-;9-,10-. The van der Waals surface area contributed by atoms with Crippen molar-refractivity contribution in [3.05, 3.63) is 48.6 Å². The van der Waals surface area contributed by atoms with Crippen molar-refractivity contribution in [1.29, 1.82) is 5.26 Å². The number of nitrogens with zero attached hydrogens (tertiary/aromatic N) is 9. The highest BCUT2D eigenvalue weighted by atomic mass is 16.1. The molecule has 0 aliphatic heterocycles. The number of hydrogen-bond donors (Lipinski definition) is 4. The molecule has 5 N–H and O–H groups in total. The van der Waals surface area contributed by atoms with Gasteiger partial charge in [0.15, 0.2) is 0 Å². The minimum absolute atomic E-state index is 0.0671. The maximum atomic E-state index is 11.4. The van der Waals surface area contributed by atoms with E-state index in [1.807, 2.05) is 24.5 Å². The number of amides is 1.